The molecule has 3 heterocycles. The third-order valence-electron chi connectivity index (χ3n) is 5.44. The molecule has 3 aliphatic rings. The third-order valence-corrected chi connectivity index (χ3v) is 6.36. The first-order valence-corrected chi connectivity index (χ1v) is 14.9. The molecule has 0 saturated heterocycles. The van der Waals surface area contributed by atoms with Gasteiger partial charge in [0.2, 0.25) is 0 Å². The zero-order valence-electron chi connectivity index (χ0n) is 24.1. The van der Waals surface area contributed by atoms with Gasteiger partial charge in [0, 0.05) is 42.9 Å². The molecule has 0 aliphatic heterocycles. The number of pyridine rings is 3. The summed E-state index contributed by atoms with van der Waals surface area (Å²) >= 11 is 22.2. The number of aliphatic hydroxyl groups excluding tert-OH is 1. The van der Waals surface area contributed by atoms with Gasteiger partial charge in [-0.3, -0.25) is 20.2 Å². The molecule has 0 radical (unpaired) electrons. The molecule has 0 atom stereocenters. The highest BCUT2D eigenvalue weighted by molar-refractivity contribution is 6.35. The summed E-state index contributed by atoms with van der Waals surface area (Å²) in [6.45, 7) is 1.93. The van der Waals surface area contributed by atoms with Crippen molar-refractivity contribution in [2.45, 2.75) is 63.6 Å². The number of halogens is 4. The first-order valence-electron chi connectivity index (χ1n) is 13.4. The molecule has 3 saturated carbocycles. The molecule has 0 unspecified atom stereocenters. The van der Waals surface area contributed by atoms with E-state index in [1.807, 2.05) is 0 Å². The second-order valence-electron chi connectivity index (χ2n) is 9.58. The fourth-order valence-corrected chi connectivity index (χ4v) is 3.53. The van der Waals surface area contributed by atoms with Gasteiger partial charge in [0.15, 0.2) is 0 Å². The van der Waals surface area contributed by atoms with Crippen LogP contribution in [0.15, 0.2) is 36.8 Å². The molecule has 15 nitrogen and oxygen atoms in total. The third kappa shape index (κ3) is 16.5. The van der Waals surface area contributed by atoms with Crippen molar-refractivity contribution in [3.05, 3.63) is 77.5 Å². The van der Waals surface area contributed by atoms with Crippen molar-refractivity contribution in [3.63, 3.8) is 0 Å². The first kappa shape index (κ1) is 39.7. The van der Waals surface area contributed by atoms with E-state index in [9.17, 15) is 20.2 Å². The topological polar surface area (TPSA) is 253 Å². The Morgan fingerprint density at radius 3 is 1.58 bits per heavy atom. The quantitative estimate of drug-likeness (QED) is 0.118. The monoisotopic (exact) mass is 709 g/mol. The van der Waals surface area contributed by atoms with Gasteiger partial charge in [0.05, 0.1) is 27.4 Å². The zero-order chi connectivity index (χ0) is 32.8. The van der Waals surface area contributed by atoms with Crippen molar-refractivity contribution < 1.29 is 20.4 Å². The molecular formula is C26H35Cl4N9O6. The van der Waals surface area contributed by atoms with E-state index in [0.717, 1.165) is 24.7 Å². The highest BCUT2D eigenvalue weighted by Gasteiger charge is 2.25. The maximum absolute atomic E-state index is 10.6. The Kier molecular flexibility index (Phi) is 17.6. The van der Waals surface area contributed by atoms with Crippen LogP contribution < -0.4 is 22.1 Å². The molecule has 248 valence electrons. The van der Waals surface area contributed by atoms with Crippen LogP contribution in [0.25, 0.3) is 0 Å². The average molecular weight is 711 g/mol. The van der Waals surface area contributed by atoms with Gasteiger partial charge in [0.25, 0.3) is 0 Å². The highest BCUT2D eigenvalue weighted by atomic mass is 35.5. The molecule has 3 fully saturated rings. The van der Waals surface area contributed by atoms with E-state index >= 15 is 0 Å². The SMILES string of the molecule is CCO.NC1CC1.Nc1cnc(Cl)cc1NC1CC1.O.O=[N+]([O-])c1cnc(Cl)cc1Cl.O=[N+]([O-])c1cnc(Cl)cc1NC1CC1. The Labute approximate surface area is 279 Å². The van der Waals surface area contributed by atoms with Crippen LogP contribution in [0, 0.1) is 20.2 Å². The summed E-state index contributed by atoms with van der Waals surface area (Å²) in [4.78, 5) is 30.7. The number of aromatic nitrogens is 3. The minimum atomic E-state index is -0.619. The molecule has 3 aliphatic carbocycles. The standard InChI is InChI=1S/C8H8ClN3O2.C8H10ClN3.C5H2Cl2N2O2.C3H7N.C2H6O.H2O/c9-8-3-6(11-5-1-2-5)7(4-10-8)12(13)14;9-8-3-7(6(10)4-11-8)12-5-1-2-5;6-3-1-5(7)8-2-4(3)9(10)11;4-3-1-2-3;1-2-3;/h3-5H,1-2H2,(H,10,11);3-5H,1-2,10H2,(H,11,12);1-2H;3H,1-2,4H2;3H,2H2,1H3;1H2. The van der Waals surface area contributed by atoms with Crippen molar-refractivity contribution in [3.8, 4) is 0 Å². The van der Waals surface area contributed by atoms with Gasteiger partial charge in [-0.25, -0.2) is 15.0 Å². The van der Waals surface area contributed by atoms with Crippen molar-refractivity contribution >= 4 is 74.8 Å². The Bertz CT molecular complexity index is 1400. The molecule has 45 heavy (non-hydrogen) atoms. The van der Waals surface area contributed by atoms with E-state index in [-0.39, 0.29) is 38.8 Å². The predicted molar refractivity (Wildman–Crippen MR) is 177 cm³/mol. The van der Waals surface area contributed by atoms with Crippen LogP contribution in [0.4, 0.5) is 28.4 Å². The van der Waals surface area contributed by atoms with Crippen molar-refractivity contribution in [1.29, 1.82) is 0 Å². The van der Waals surface area contributed by atoms with Crippen LogP contribution in [0.1, 0.15) is 45.4 Å². The Balaban J connectivity index is 0.000000303. The molecule has 3 aromatic rings. The van der Waals surface area contributed by atoms with Crippen LogP contribution in [0.5, 0.6) is 0 Å². The van der Waals surface area contributed by atoms with Crippen LogP contribution in [0.3, 0.4) is 0 Å². The summed E-state index contributed by atoms with van der Waals surface area (Å²) in [6.07, 6.45) is 10.8. The van der Waals surface area contributed by atoms with Gasteiger partial charge in [-0.1, -0.05) is 46.4 Å². The molecule has 3 aromatic heterocycles. The minimum Gasteiger partial charge on any atom is -0.412 e. The van der Waals surface area contributed by atoms with E-state index in [1.165, 1.54) is 44.0 Å². The number of anilines is 3. The lowest BCUT2D eigenvalue weighted by molar-refractivity contribution is -0.385. The van der Waals surface area contributed by atoms with Crippen molar-refractivity contribution in [2.75, 3.05) is 23.0 Å². The lowest BCUT2D eigenvalue weighted by atomic mass is 10.3. The van der Waals surface area contributed by atoms with E-state index in [4.69, 9.17) is 63.0 Å². The number of nitrogen functional groups attached to an aromatic ring is 1. The zero-order valence-corrected chi connectivity index (χ0v) is 27.2. The number of nitrogens with two attached hydrogens (primary N) is 2. The van der Waals surface area contributed by atoms with Crippen LogP contribution in [0.2, 0.25) is 20.5 Å². The number of hydrogen-bond acceptors (Lipinski definition) is 12. The molecule has 6 rings (SSSR count). The number of rotatable bonds is 6. The average Bonchev–Trinajstić information content (AvgIpc) is 3.79. The lowest BCUT2D eigenvalue weighted by Gasteiger charge is -2.06. The second-order valence-corrected chi connectivity index (χ2v) is 11.2. The molecule has 0 spiro atoms. The van der Waals surface area contributed by atoms with Crippen LogP contribution in [-0.4, -0.2) is 60.1 Å². The number of nitrogens with zero attached hydrogens (tertiary/aromatic N) is 5. The molecular weight excluding hydrogens is 676 g/mol. The van der Waals surface area contributed by atoms with Gasteiger partial charge in [-0.05, 0) is 45.4 Å². The summed E-state index contributed by atoms with van der Waals surface area (Å²) in [7, 11) is 0. The van der Waals surface area contributed by atoms with E-state index in [1.54, 1.807) is 19.2 Å². The molecule has 0 bridgehead atoms. The van der Waals surface area contributed by atoms with Crippen molar-refractivity contribution in [2.24, 2.45) is 5.73 Å². The maximum Gasteiger partial charge on any atom is 0.310 e. The highest BCUT2D eigenvalue weighted by Crippen LogP contribution is 2.32. The Morgan fingerprint density at radius 1 is 0.800 bits per heavy atom. The maximum atomic E-state index is 10.6. The lowest BCUT2D eigenvalue weighted by Crippen LogP contribution is -2.04. The van der Waals surface area contributed by atoms with Gasteiger partial charge >= 0.3 is 11.4 Å². The van der Waals surface area contributed by atoms with Gasteiger partial charge in [-0.15, -0.1) is 0 Å². The van der Waals surface area contributed by atoms with Gasteiger partial charge in [0.1, 0.15) is 38.6 Å². The summed E-state index contributed by atoms with van der Waals surface area (Å²) in [6, 6.07) is 5.99. The minimum absolute atomic E-state index is 0. The van der Waals surface area contributed by atoms with Crippen LogP contribution in [-0.2, 0) is 0 Å². The molecule has 19 heteroatoms. The first-order chi connectivity index (χ1) is 20.8. The van der Waals surface area contributed by atoms with Gasteiger partial charge in [-0.2, -0.15) is 0 Å². The number of nitro groups is 2. The fraction of sp³-hybridized carbons (Fsp3) is 0.423. The summed E-state index contributed by atoms with van der Waals surface area (Å²) in [5, 5.41) is 35.6. The van der Waals surface area contributed by atoms with E-state index < -0.39 is 9.85 Å². The molecule has 9 N–H and O–H groups in total. The Morgan fingerprint density at radius 2 is 1.18 bits per heavy atom. The normalized spacial score (nSPS) is 14.1. The van der Waals surface area contributed by atoms with Gasteiger partial charge < -0.3 is 32.7 Å². The predicted octanol–water partition coefficient (Wildman–Crippen LogP) is 5.69. The summed E-state index contributed by atoms with van der Waals surface area (Å²) in [5.74, 6) is 0. The smallest absolute Gasteiger partial charge is 0.310 e. The summed E-state index contributed by atoms with van der Waals surface area (Å²) < 4.78 is 0. The largest absolute Gasteiger partial charge is 0.412 e. The van der Waals surface area contributed by atoms with E-state index in [0.29, 0.717) is 34.7 Å². The van der Waals surface area contributed by atoms with Crippen LogP contribution >= 0.6 is 46.4 Å². The van der Waals surface area contributed by atoms with Crippen molar-refractivity contribution in [1.82, 2.24) is 15.0 Å². The second kappa shape index (κ2) is 19.9. The fourth-order valence-electron chi connectivity index (χ4n) is 2.78. The molecule has 0 aromatic carbocycles. The number of nitrogens with one attached hydrogen (secondary N) is 2. The number of hydrogen-bond donors (Lipinski definition) is 5. The Hall–Kier alpha value is -3.31. The summed E-state index contributed by atoms with van der Waals surface area (Å²) in [5.41, 5.74) is 12.7. The van der Waals surface area contributed by atoms with E-state index in [2.05, 4.69) is 25.6 Å². The number of aliphatic hydroxyl groups is 1. The molecule has 0 amide bonds.